The van der Waals surface area contributed by atoms with Crippen LogP contribution in [0.2, 0.25) is 4.34 Å². The molecule has 4 heterocycles. The van der Waals surface area contributed by atoms with E-state index in [1.54, 1.807) is 18.3 Å². The number of thiophene rings is 1. The third-order valence-corrected chi connectivity index (χ3v) is 5.67. The van der Waals surface area contributed by atoms with Crippen molar-refractivity contribution in [3.8, 4) is 33.0 Å². The second-order valence-corrected chi connectivity index (χ2v) is 7.77. The van der Waals surface area contributed by atoms with Crippen LogP contribution < -0.4 is 0 Å². The molecule has 0 saturated carbocycles. The topological polar surface area (TPSA) is 46.0 Å². The van der Waals surface area contributed by atoms with Crippen LogP contribution in [-0.4, -0.2) is 19.6 Å². The van der Waals surface area contributed by atoms with Crippen molar-refractivity contribution in [1.29, 1.82) is 0 Å². The van der Waals surface area contributed by atoms with Gasteiger partial charge in [-0.15, -0.1) is 11.3 Å². The SMILES string of the molecule is Fc1ccc(-c2[nH]ncc2-c2ccc3ncc(-c4ccc(Cl)s4)n3c2)cc1. The number of hydrogen-bond acceptors (Lipinski definition) is 3. The van der Waals surface area contributed by atoms with Crippen molar-refractivity contribution in [2.45, 2.75) is 0 Å². The van der Waals surface area contributed by atoms with E-state index < -0.39 is 0 Å². The highest BCUT2D eigenvalue weighted by Gasteiger charge is 2.13. The zero-order valence-electron chi connectivity index (χ0n) is 13.9. The Hall–Kier alpha value is -2.96. The van der Waals surface area contributed by atoms with Gasteiger partial charge in [0.05, 0.1) is 33.0 Å². The maximum Gasteiger partial charge on any atom is 0.137 e. The number of H-pyrrole nitrogens is 1. The van der Waals surface area contributed by atoms with Crippen LogP contribution in [0.3, 0.4) is 0 Å². The molecule has 0 atom stereocenters. The first-order chi connectivity index (χ1) is 13.2. The number of imidazole rings is 1. The fourth-order valence-corrected chi connectivity index (χ4v) is 4.17. The van der Waals surface area contributed by atoms with Crippen LogP contribution in [0.4, 0.5) is 4.39 Å². The second kappa shape index (κ2) is 6.33. The van der Waals surface area contributed by atoms with E-state index in [0.717, 1.165) is 42.9 Å². The summed E-state index contributed by atoms with van der Waals surface area (Å²) in [6.45, 7) is 0. The number of nitrogens with one attached hydrogen (secondary N) is 1. The second-order valence-electron chi connectivity index (χ2n) is 6.06. The van der Waals surface area contributed by atoms with Crippen LogP contribution in [0.25, 0.3) is 38.6 Å². The summed E-state index contributed by atoms with van der Waals surface area (Å²) in [5.74, 6) is -0.265. The van der Waals surface area contributed by atoms with Crippen molar-refractivity contribution in [2.24, 2.45) is 0 Å². The summed E-state index contributed by atoms with van der Waals surface area (Å²) < 4.78 is 16.0. The zero-order chi connectivity index (χ0) is 18.4. The third-order valence-electron chi connectivity index (χ3n) is 4.41. The van der Waals surface area contributed by atoms with E-state index in [-0.39, 0.29) is 5.82 Å². The number of halogens is 2. The van der Waals surface area contributed by atoms with Crippen molar-refractivity contribution in [1.82, 2.24) is 19.6 Å². The van der Waals surface area contributed by atoms with E-state index in [4.69, 9.17) is 11.6 Å². The van der Waals surface area contributed by atoms with Crippen LogP contribution in [0.5, 0.6) is 0 Å². The number of rotatable bonds is 3. The summed E-state index contributed by atoms with van der Waals surface area (Å²) in [5.41, 5.74) is 5.47. The molecule has 1 N–H and O–H groups in total. The highest BCUT2D eigenvalue weighted by Crippen LogP contribution is 2.34. The summed E-state index contributed by atoms with van der Waals surface area (Å²) in [4.78, 5) is 5.53. The molecule has 0 radical (unpaired) electrons. The van der Waals surface area contributed by atoms with E-state index in [2.05, 4.69) is 15.2 Å². The monoisotopic (exact) mass is 394 g/mol. The van der Waals surface area contributed by atoms with Gasteiger partial charge in [0, 0.05) is 22.9 Å². The lowest BCUT2D eigenvalue weighted by Gasteiger charge is -2.06. The van der Waals surface area contributed by atoms with Gasteiger partial charge in [-0.1, -0.05) is 11.6 Å². The van der Waals surface area contributed by atoms with E-state index in [1.165, 1.54) is 23.5 Å². The maximum absolute atomic E-state index is 13.3. The molecule has 5 rings (SSSR count). The van der Waals surface area contributed by atoms with Gasteiger partial charge < -0.3 is 0 Å². The lowest BCUT2D eigenvalue weighted by atomic mass is 10.0. The molecule has 0 bridgehead atoms. The molecule has 0 spiro atoms. The Morgan fingerprint density at radius 2 is 1.78 bits per heavy atom. The standard InChI is InChI=1S/C20H12ClFN4S/c21-18-7-6-17(27-18)16-10-23-19-8-3-13(11-26(16)19)15-9-24-25-20(15)12-1-4-14(22)5-2-12/h1-11H,(H,24,25). The number of nitrogens with zero attached hydrogens (tertiary/aromatic N) is 3. The smallest absolute Gasteiger partial charge is 0.137 e. The first kappa shape index (κ1) is 16.2. The summed E-state index contributed by atoms with van der Waals surface area (Å²) in [6, 6.07) is 14.2. The fraction of sp³-hybridized carbons (Fsp3) is 0. The molecule has 0 aliphatic heterocycles. The van der Waals surface area contributed by atoms with Gasteiger partial charge in [-0.05, 0) is 48.5 Å². The van der Waals surface area contributed by atoms with Gasteiger partial charge in [-0.2, -0.15) is 5.10 Å². The molecule has 7 heteroatoms. The molecule has 4 aromatic heterocycles. The van der Waals surface area contributed by atoms with Crippen LogP contribution in [0.15, 0.2) is 67.1 Å². The van der Waals surface area contributed by atoms with Crippen LogP contribution in [-0.2, 0) is 0 Å². The van der Waals surface area contributed by atoms with Gasteiger partial charge in [-0.3, -0.25) is 9.50 Å². The molecule has 0 aliphatic carbocycles. The van der Waals surface area contributed by atoms with Gasteiger partial charge in [-0.25, -0.2) is 9.37 Å². The molecule has 0 saturated heterocycles. The van der Waals surface area contributed by atoms with E-state index >= 15 is 0 Å². The zero-order valence-corrected chi connectivity index (χ0v) is 15.4. The molecule has 1 aromatic carbocycles. The largest absolute Gasteiger partial charge is 0.298 e. The van der Waals surface area contributed by atoms with Gasteiger partial charge in [0.25, 0.3) is 0 Å². The Bertz CT molecular complexity index is 1250. The van der Waals surface area contributed by atoms with Crippen LogP contribution >= 0.6 is 22.9 Å². The summed E-state index contributed by atoms with van der Waals surface area (Å²) in [6.07, 6.45) is 5.65. The molecule has 0 unspecified atom stereocenters. The van der Waals surface area contributed by atoms with Gasteiger partial charge in [0.15, 0.2) is 0 Å². The number of hydrogen-bond donors (Lipinski definition) is 1. The van der Waals surface area contributed by atoms with Crippen LogP contribution in [0.1, 0.15) is 0 Å². The summed E-state index contributed by atoms with van der Waals surface area (Å²) in [7, 11) is 0. The Labute approximate surface area is 162 Å². The third kappa shape index (κ3) is 2.83. The number of pyridine rings is 1. The highest BCUT2D eigenvalue weighted by atomic mass is 35.5. The Kier molecular flexibility index (Phi) is 3.81. The van der Waals surface area contributed by atoms with Crippen molar-refractivity contribution in [3.63, 3.8) is 0 Å². The molecule has 4 nitrogen and oxygen atoms in total. The highest BCUT2D eigenvalue weighted by molar-refractivity contribution is 7.19. The fourth-order valence-electron chi connectivity index (χ4n) is 3.12. The molecule has 0 aliphatic rings. The van der Waals surface area contributed by atoms with E-state index in [1.807, 2.05) is 41.1 Å². The van der Waals surface area contributed by atoms with Gasteiger partial charge in [0.2, 0.25) is 0 Å². The quantitative estimate of drug-likeness (QED) is 0.413. The average Bonchev–Trinajstić information content (AvgIpc) is 3.40. The van der Waals surface area contributed by atoms with Gasteiger partial charge in [0.1, 0.15) is 11.5 Å². The van der Waals surface area contributed by atoms with E-state index in [0.29, 0.717) is 0 Å². The first-order valence-electron chi connectivity index (χ1n) is 8.21. The average molecular weight is 395 g/mol. The molecular weight excluding hydrogens is 383 g/mol. The molecule has 27 heavy (non-hydrogen) atoms. The number of aromatic amines is 1. The number of aromatic nitrogens is 4. The molecule has 0 fully saturated rings. The molecular formula is C20H12ClFN4S. The van der Waals surface area contributed by atoms with Gasteiger partial charge >= 0.3 is 0 Å². The Morgan fingerprint density at radius 3 is 2.56 bits per heavy atom. The summed E-state index contributed by atoms with van der Waals surface area (Å²) in [5, 5.41) is 7.21. The minimum absolute atomic E-state index is 0.265. The van der Waals surface area contributed by atoms with Crippen molar-refractivity contribution in [2.75, 3.05) is 0 Å². The number of fused-ring (bicyclic) bond motifs is 1. The predicted octanol–water partition coefficient (Wildman–Crippen LogP) is 5.91. The summed E-state index contributed by atoms with van der Waals surface area (Å²) >= 11 is 7.61. The first-order valence-corrected chi connectivity index (χ1v) is 9.41. The normalized spacial score (nSPS) is 11.3. The van der Waals surface area contributed by atoms with Crippen LogP contribution in [0, 0.1) is 5.82 Å². The maximum atomic E-state index is 13.3. The number of benzene rings is 1. The minimum atomic E-state index is -0.265. The minimum Gasteiger partial charge on any atom is -0.298 e. The van der Waals surface area contributed by atoms with E-state index in [9.17, 15) is 4.39 Å². The molecule has 132 valence electrons. The predicted molar refractivity (Wildman–Crippen MR) is 106 cm³/mol. The van der Waals surface area contributed by atoms with Crippen molar-refractivity contribution < 1.29 is 4.39 Å². The Morgan fingerprint density at radius 1 is 0.963 bits per heavy atom. The lowest BCUT2D eigenvalue weighted by Crippen LogP contribution is -1.90. The van der Waals surface area contributed by atoms with Crippen molar-refractivity contribution in [3.05, 3.63) is 77.3 Å². The Balaban J connectivity index is 1.64. The molecule has 5 aromatic rings. The molecule has 0 amide bonds. The van der Waals surface area contributed by atoms with Crippen molar-refractivity contribution >= 4 is 28.6 Å². The lowest BCUT2D eigenvalue weighted by molar-refractivity contribution is 0.628.